The number of pyridine rings is 1. The van der Waals surface area contributed by atoms with E-state index in [0.29, 0.717) is 50.6 Å². The van der Waals surface area contributed by atoms with Crippen molar-refractivity contribution >= 4 is 5.52 Å². The lowest BCUT2D eigenvalue weighted by Crippen LogP contribution is -2.54. The fourth-order valence-corrected chi connectivity index (χ4v) is 7.49. The molecular formula is C29H42F4N6O2. The standard InChI is InChI=1S/C29H42F4N6O2/c1-19(37-9-7-27(2,30)8-10-37)20-11-23(29(31,32)33)24-15-38(26(40)39(24)14-20)22-6-4-5-21(12-22)28(16-41-17-28)13-25-35-34-18-36(25)3/h11,14-15,19,21-22,25,34-35H,4-10,12-13,16-18H2,1-3H3/t19-,21?,22?,25?/m1/s1. The predicted octanol–water partition coefficient (Wildman–Crippen LogP) is 4.47. The minimum atomic E-state index is -4.62. The molecule has 0 amide bonds. The maximum Gasteiger partial charge on any atom is 0.418 e. The van der Waals surface area contributed by atoms with Crippen LogP contribution in [0.3, 0.4) is 0 Å². The zero-order valence-corrected chi connectivity index (χ0v) is 24.1. The summed E-state index contributed by atoms with van der Waals surface area (Å²) < 4.78 is 65.9. The number of imidazole rings is 1. The Kier molecular flexibility index (Phi) is 7.54. The molecule has 0 radical (unpaired) electrons. The summed E-state index contributed by atoms with van der Waals surface area (Å²) in [6.45, 7) is 6.42. The molecule has 0 bridgehead atoms. The van der Waals surface area contributed by atoms with Gasteiger partial charge in [0.2, 0.25) is 0 Å². The van der Waals surface area contributed by atoms with E-state index in [1.165, 1.54) is 16.7 Å². The number of nitrogens with zero attached hydrogens (tertiary/aromatic N) is 4. The molecule has 2 N–H and O–H groups in total. The zero-order valence-electron chi connectivity index (χ0n) is 24.1. The summed E-state index contributed by atoms with van der Waals surface area (Å²) in [5, 5.41) is 0. The molecule has 2 aromatic rings. The normalized spacial score (nSPS) is 30.0. The van der Waals surface area contributed by atoms with Crippen molar-refractivity contribution in [1.29, 1.82) is 0 Å². The molecular weight excluding hydrogens is 540 g/mol. The average Bonchev–Trinajstić information content (AvgIpc) is 3.46. The van der Waals surface area contributed by atoms with Crippen molar-refractivity contribution in [2.75, 3.05) is 40.0 Å². The van der Waals surface area contributed by atoms with Crippen LogP contribution < -0.4 is 16.5 Å². The number of fused-ring (bicyclic) bond motifs is 1. The number of rotatable bonds is 6. The van der Waals surface area contributed by atoms with Gasteiger partial charge in [0.25, 0.3) is 0 Å². The maximum atomic E-state index is 14.4. The van der Waals surface area contributed by atoms with Gasteiger partial charge in [-0.05, 0) is 77.0 Å². The number of hydrogen-bond acceptors (Lipinski definition) is 6. The van der Waals surface area contributed by atoms with Gasteiger partial charge in [-0.1, -0.05) is 6.42 Å². The largest absolute Gasteiger partial charge is 0.418 e. The van der Waals surface area contributed by atoms with E-state index in [9.17, 15) is 22.4 Å². The smallest absolute Gasteiger partial charge is 0.380 e. The molecule has 8 nitrogen and oxygen atoms in total. The molecule has 1 saturated carbocycles. The summed E-state index contributed by atoms with van der Waals surface area (Å²) in [7, 11) is 2.07. The summed E-state index contributed by atoms with van der Waals surface area (Å²) in [5.74, 6) is 0.318. The number of ether oxygens (including phenoxy) is 1. The minimum Gasteiger partial charge on any atom is -0.380 e. The Morgan fingerprint density at radius 3 is 2.51 bits per heavy atom. The molecule has 228 valence electrons. The first-order valence-electron chi connectivity index (χ1n) is 14.9. The number of aromatic nitrogens is 2. The first kappa shape index (κ1) is 29.1. The molecule has 3 saturated heterocycles. The molecule has 3 aliphatic heterocycles. The molecule has 4 fully saturated rings. The second kappa shape index (κ2) is 10.6. The summed E-state index contributed by atoms with van der Waals surface area (Å²) in [5.41, 5.74) is 4.33. The molecule has 3 unspecified atom stereocenters. The van der Waals surface area contributed by atoms with Crippen molar-refractivity contribution in [3.63, 3.8) is 0 Å². The van der Waals surface area contributed by atoms with Crippen LogP contribution in [0.25, 0.3) is 5.52 Å². The fraction of sp³-hybridized carbons (Fsp3) is 0.759. The minimum absolute atomic E-state index is 0.0107. The molecule has 2 aromatic heterocycles. The van der Waals surface area contributed by atoms with Crippen LogP contribution in [-0.4, -0.2) is 70.6 Å². The fourth-order valence-electron chi connectivity index (χ4n) is 7.49. The SMILES string of the molecule is C[C@H](c1cc(C(F)(F)F)c2cn(C3CCCC(C4(CC5NNCN5C)COC4)C3)c(=O)n2c1)N1CCC(C)(F)CC1. The molecule has 12 heteroatoms. The third-order valence-electron chi connectivity index (χ3n) is 10.4. The first-order chi connectivity index (χ1) is 19.4. The monoisotopic (exact) mass is 582 g/mol. The topological polar surface area (TPSA) is 66.2 Å². The van der Waals surface area contributed by atoms with Gasteiger partial charge in [-0.25, -0.2) is 20.0 Å². The Morgan fingerprint density at radius 1 is 1.17 bits per heavy atom. The van der Waals surface area contributed by atoms with E-state index in [-0.39, 0.29) is 29.2 Å². The van der Waals surface area contributed by atoms with Crippen molar-refractivity contribution in [3.8, 4) is 0 Å². The van der Waals surface area contributed by atoms with E-state index in [4.69, 9.17) is 4.74 Å². The quantitative estimate of drug-likeness (QED) is 0.491. The van der Waals surface area contributed by atoms with Crippen LogP contribution in [-0.2, 0) is 10.9 Å². The van der Waals surface area contributed by atoms with Gasteiger partial charge >= 0.3 is 11.9 Å². The third-order valence-corrected chi connectivity index (χ3v) is 10.4. The summed E-state index contributed by atoms with van der Waals surface area (Å²) in [6, 6.07) is 0.634. The summed E-state index contributed by atoms with van der Waals surface area (Å²) >= 11 is 0. The molecule has 41 heavy (non-hydrogen) atoms. The number of alkyl halides is 4. The van der Waals surface area contributed by atoms with Crippen molar-refractivity contribution in [1.82, 2.24) is 29.6 Å². The number of halogens is 4. The molecule has 1 aliphatic carbocycles. The van der Waals surface area contributed by atoms with Crippen molar-refractivity contribution < 1.29 is 22.3 Å². The number of hydrogen-bond donors (Lipinski definition) is 2. The average molecular weight is 583 g/mol. The molecule has 4 aliphatic rings. The van der Waals surface area contributed by atoms with Gasteiger partial charge in [0.1, 0.15) is 5.67 Å². The van der Waals surface area contributed by atoms with Gasteiger partial charge in [0.15, 0.2) is 0 Å². The molecule has 4 atom stereocenters. The number of likely N-dealkylation sites (tertiary alicyclic amines) is 1. The number of nitrogens with one attached hydrogen (secondary N) is 2. The first-order valence-corrected chi connectivity index (χ1v) is 14.9. The van der Waals surface area contributed by atoms with Crippen molar-refractivity contribution in [2.45, 2.75) is 88.9 Å². The zero-order chi connectivity index (χ0) is 29.2. The van der Waals surface area contributed by atoms with Gasteiger partial charge in [-0.15, -0.1) is 0 Å². The van der Waals surface area contributed by atoms with E-state index in [2.05, 4.69) is 22.8 Å². The van der Waals surface area contributed by atoms with Crippen LogP contribution in [0.2, 0.25) is 0 Å². The number of piperidine rings is 1. The maximum absolute atomic E-state index is 14.4. The highest BCUT2D eigenvalue weighted by Gasteiger charge is 2.49. The highest BCUT2D eigenvalue weighted by molar-refractivity contribution is 5.56. The van der Waals surface area contributed by atoms with Crippen LogP contribution >= 0.6 is 0 Å². The van der Waals surface area contributed by atoms with Gasteiger partial charge in [0.05, 0.1) is 37.1 Å². The van der Waals surface area contributed by atoms with Crippen LogP contribution in [0, 0.1) is 11.3 Å². The summed E-state index contributed by atoms with van der Waals surface area (Å²) in [4.78, 5) is 18.0. The van der Waals surface area contributed by atoms with Gasteiger partial charge in [-0.2, -0.15) is 13.2 Å². The van der Waals surface area contributed by atoms with E-state index in [0.717, 1.165) is 38.8 Å². The Bertz CT molecular complexity index is 1310. The van der Waals surface area contributed by atoms with Gasteiger partial charge in [0, 0.05) is 43.0 Å². The molecule has 5 heterocycles. The van der Waals surface area contributed by atoms with E-state index < -0.39 is 23.1 Å². The van der Waals surface area contributed by atoms with Gasteiger partial charge < -0.3 is 4.74 Å². The summed E-state index contributed by atoms with van der Waals surface area (Å²) in [6.07, 6.45) is 3.57. The second-order valence-electron chi connectivity index (χ2n) is 13.2. The Hall–Kier alpha value is -1.99. The van der Waals surface area contributed by atoms with E-state index >= 15 is 0 Å². The number of hydrazine groups is 1. The molecule has 6 rings (SSSR count). The second-order valence-corrected chi connectivity index (χ2v) is 13.2. The Morgan fingerprint density at radius 2 is 1.90 bits per heavy atom. The third kappa shape index (κ3) is 5.46. The molecule has 0 spiro atoms. The lowest BCUT2D eigenvalue weighted by atomic mass is 9.64. The highest BCUT2D eigenvalue weighted by Crippen LogP contribution is 2.49. The lowest BCUT2D eigenvalue weighted by Gasteiger charge is -2.51. The van der Waals surface area contributed by atoms with Crippen molar-refractivity contribution in [3.05, 3.63) is 40.1 Å². The lowest BCUT2D eigenvalue weighted by molar-refractivity contribution is -0.167. The van der Waals surface area contributed by atoms with Crippen molar-refractivity contribution in [2.24, 2.45) is 11.3 Å². The molecule has 0 aromatic carbocycles. The highest BCUT2D eigenvalue weighted by atomic mass is 19.4. The van der Waals surface area contributed by atoms with Crippen LogP contribution in [0.5, 0.6) is 0 Å². The van der Waals surface area contributed by atoms with Crippen LogP contribution in [0.1, 0.15) is 82.0 Å². The Balaban J connectivity index is 1.30. The van der Waals surface area contributed by atoms with Crippen LogP contribution in [0.15, 0.2) is 23.3 Å². The van der Waals surface area contributed by atoms with E-state index in [1.54, 1.807) is 17.7 Å². The Labute approximate surface area is 238 Å². The van der Waals surface area contributed by atoms with Crippen LogP contribution in [0.4, 0.5) is 17.6 Å². The van der Waals surface area contributed by atoms with Gasteiger partial charge in [-0.3, -0.25) is 18.8 Å². The van der Waals surface area contributed by atoms with E-state index in [1.807, 2.05) is 11.8 Å². The predicted molar refractivity (Wildman–Crippen MR) is 147 cm³/mol.